The maximum atomic E-state index is 5.78. The zero-order chi connectivity index (χ0) is 10.2. The summed E-state index contributed by atoms with van der Waals surface area (Å²) in [4.78, 5) is 0. The first kappa shape index (κ1) is 13.4. The van der Waals surface area contributed by atoms with E-state index in [1.54, 1.807) is 0 Å². The van der Waals surface area contributed by atoms with Crippen molar-refractivity contribution in [2.45, 2.75) is 39.3 Å². The monoisotopic (exact) mass is 224 g/mol. The van der Waals surface area contributed by atoms with Crippen LogP contribution < -0.4 is 0 Å². The van der Waals surface area contributed by atoms with Crippen molar-refractivity contribution in [1.82, 2.24) is 0 Å². The molecule has 0 aromatic carbocycles. The van der Waals surface area contributed by atoms with Crippen LogP contribution in [0, 0.1) is 0 Å². The fourth-order valence-electron chi connectivity index (χ4n) is 1.43. The van der Waals surface area contributed by atoms with Crippen LogP contribution in [-0.2, 0) is 8.85 Å². The predicted octanol–water partition coefficient (Wildman–Crippen LogP) is 3.15. The highest BCUT2D eigenvalue weighted by Crippen LogP contribution is 2.21. The molecule has 0 saturated heterocycles. The maximum absolute atomic E-state index is 5.78. The Bertz CT molecular complexity index is 116. The molecule has 0 heterocycles. The van der Waals surface area contributed by atoms with Gasteiger partial charge in [0.15, 0.2) is 0 Å². The highest BCUT2D eigenvalue weighted by atomic mass is 35.5. The summed E-state index contributed by atoms with van der Waals surface area (Å²) in [5.74, 6) is 0.703. The SMILES string of the molecule is CCO[Si](CC)(CCCCl)OCC. The summed E-state index contributed by atoms with van der Waals surface area (Å²) in [7, 11) is -1.87. The number of halogens is 1. The van der Waals surface area contributed by atoms with Crippen LogP contribution in [-0.4, -0.2) is 27.7 Å². The van der Waals surface area contributed by atoms with Gasteiger partial charge in [-0.3, -0.25) is 0 Å². The highest BCUT2D eigenvalue weighted by molar-refractivity contribution is 6.67. The standard InChI is InChI=1S/C9H21ClO2Si/c1-4-11-13(6-3,12-5-2)9-7-8-10/h4-9H2,1-3H3. The van der Waals surface area contributed by atoms with Gasteiger partial charge in [-0.25, -0.2) is 0 Å². The van der Waals surface area contributed by atoms with Crippen LogP contribution >= 0.6 is 11.6 Å². The van der Waals surface area contributed by atoms with Gasteiger partial charge >= 0.3 is 8.56 Å². The summed E-state index contributed by atoms with van der Waals surface area (Å²) in [5, 5.41) is 0. The molecule has 0 radical (unpaired) electrons. The molecular weight excluding hydrogens is 204 g/mol. The van der Waals surface area contributed by atoms with E-state index < -0.39 is 8.56 Å². The van der Waals surface area contributed by atoms with Gasteiger partial charge in [0.1, 0.15) is 0 Å². The third-order valence-corrected chi connectivity index (χ3v) is 6.13. The average Bonchev–Trinajstić information content (AvgIpc) is 2.15. The Kier molecular flexibility index (Phi) is 8.05. The largest absolute Gasteiger partial charge is 0.394 e. The van der Waals surface area contributed by atoms with Gasteiger partial charge in [-0.15, -0.1) is 11.6 Å². The van der Waals surface area contributed by atoms with Crippen LogP contribution in [0.25, 0.3) is 0 Å². The second kappa shape index (κ2) is 7.80. The van der Waals surface area contributed by atoms with Crippen molar-refractivity contribution in [3.63, 3.8) is 0 Å². The van der Waals surface area contributed by atoms with Crippen molar-refractivity contribution >= 4 is 20.2 Å². The lowest BCUT2D eigenvalue weighted by molar-refractivity contribution is 0.183. The Morgan fingerprint density at radius 3 is 1.92 bits per heavy atom. The van der Waals surface area contributed by atoms with Crippen LogP contribution in [0.2, 0.25) is 12.1 Å². The third kappa shape index (κ3) is 5.01. The van der Waals surface area contributed by atoms with Crippen LogP contribution in [0.15, 0.2) is 0 Å². The van der Waals surface area contributed by atoms with Crippen molar-refractivity contribution in [1.29, 1.82) is 0 Å². The first-order chi connectivity index (χ1) is 6.24. The highest BCUT2D eigenvalue weighted by Gasteiger charge is 2.33. The Morgan fingerprint density at radius 2 is 1.62 bits per heavy atom. The molecule has 0 aromatic heterocycles. The smallest absolute Gasteiger partial charge is 0.337 e. The summed E-state index contributed by atoms with van der Waals surface area (Å²) in [6.45, 7) is 7.70. The van der Waals surface area contributed by atoms with Crippen LogP contribution in [0.1, 0.15) is 27.2 Å². The van der Waals surface area contributed by atoms with E-state index in [0.29, 0.717) is 5.88 Å². The van der Waals surface area contributed by atoms with Crippen LogP contribution in [0.5, 0.6) is 0 Å². The van der Waals surface area contributed by atoms with E-state index in [2.05, 4.69) is 6.92 Å². The molecule has 0 rings (SSSR count). The summed E-state index contributed by atoms with van der Waals surface area (Å²) >= 11 is 5.68. The van der Waals surface area contributed by atoms with Crippen molar-refractivity contribution in [2.75, 3.05) is 19.1 Å². The summed E-state index contributed by atoms with van der Waals surface area (Å²) < 4.78 is 11.6. The molecule has 0 spiro atoms. The summed E-state index contributed by atoms with van der Waals surface area (Å²) in [5.41, 5.74) is 0. The molecule has 0 aliphatic rings. The normalized spacial score (nSPS) is 12.0. The van der Waals surface area contributed by atoms with Gasteiger partial charge in [-0.2, -0.15) is 0 Å². The van der Waals surface area contributed by atoms with Crippen molar-refractivity contribution in [3.8, 4) is 0 Å². The molecule has 0 amide bonds. The number of hydrogen-bond donors (Lipinski definition) is 0. The molecule has 0 atom stereocenters. The topological polar surface area (TPSA) is 18.5 Å². The zero-order valence-electron chi connectivity index (χ0n) is 8.94. The molecule has 0 fully saturated rings. The van der Waals surface area contributed by atoms with E-state index in [4.69, 9.17) is 20.5 Å². The summed E-state index contributed by atoms with van der Waals surface area (Å²) in [6.07, 6.45) is 1.00. The fraction of sp³-hybridized carbons (Fsp3) is 1.00. The second-order valence-electron chi connectivity index (χ2n) is 2.92. The first-order valence-corrected chi connectivity index (χ1v) is 7.85. The molecule has 0 bridgehead atoms. The molecular formula is C9H21ClO2Si. The van der Waals surface area contributed by atoms with Gasteiger partial charge in [0.05, 0.1) is 0 Å². The van der Waals surface area contributed by atoms with Crippen LogP contribution in [0.4, 0.5) is 0 Å². The lowest BCUT2D eigenvalue weighted by Crippen LogP contribution is -2.41. The molecule has 4 heteroatoms. The molecule has 0 aromatic rings. The average molecular weight is 225 g/mol. The van der Waals surface area contributed by atoms with E-state index in [-0.39, 0.29) is 0 Å². The van der Waals surface area contributed by atoms with E-state index in [0.717, 1.165) is 31.7 Å². The molecule has 80 valence electrons. The van der Waals surface area contributed by atoms with E-state index >= 15 is 0 Å². The molecule has 13 heavy (non-hydrogen) atoms. The minimum absolute atomic E-state index is 0.703. The first-order valence-electron chi connectivity index (χ1n) is 5.08. The minimum atomic E-state index is -1.87. The number of hydrogen-bond acceptors (Lipinski definition) is 2. The Morgan fingerprint density at radius 1 is 1.08 bits per heavy atom. The van der Waals surface area contributed by atoms with Gasteiger partial charge in [-0.05, 0) is 32.4 Å². The van der Waals surface area contributed by atoms with Crippen molar-refractivity contribution in [2.24, 2.45) is 0 Å². The molecule has 2 nitrogen and oxygen atoms in total. The van der Waals surface area contributed by atoms with Crippen LogP contribution in [0.3, 0.4) is 0 Å². The molecule has 0 saturated carbocycles. The maximum Gasteiger partial charge on any atom is 0.337 e. The molecule has 0 N–H and O–H groups in total. The second-order valence-corrected chi connectivity index (χ2v) is 6.91. The Labute approximate surface area is 87.8 Å². The lowest BCUT2D eigenvalue weighted by atomic mass is 10.6. The van der Waals surface area contributed by atoms with E-state index in [1.165, 1.54) is 0 Å². The van der Waals surface area contributed by atoms with Gasteiger partial charge in [0, 0.05) is 19.1 Å². The van der Waals surface area contributed by atoms with Gasteiger partial charge in [0.2, 0.25) is 0 Å². The quantitative estimate of drug-likeness (QED) is 0.466. The minimum Gasteiger partial charge on any atom is -0.394 e. The van der Waals surface area contributed by atoms with Gasteiger partial charge in [-0.1, -0.05) is 6.92 Å². The molecule has 0 unspecified atom stereocenters. The Hall–Kier alpha value is 0.427. The molecule has 0 aliphatic carbocycles. The van der Waals surface area contributed by atoms with Gasteiger partial charge < -0.3 is 8.85 Å². The molecule has 0 aliphatic heterocycles. The fourth-order valence-corrected chi connectivity index (χ4v) is 4.69. The zero-order valence-corrected chi connectivity index (χ0v) is 10.7. The predicted molar refractivity (Wildman–Crippen MR) is 59.6 cm³/mol. The van der Waals surface area contributed by atoms with Gasteiger partial charge in [0.25, 0.3) is 0 Å². The number of rotatable bonds is 8. The third-order valence-electron chi connectivity index (χ3n) is 2.04. The number of alkyl halides is 1. The van der Waals surface area contributed by atoms with E-state index in [1.807, 2.05) is 13.8 Å². The van der Waals surface area contributed by atoms with E-state index in [9.17, 15) is 0 Å². The van der Waals surface area contributed by atoms with Crippen molar-refractivity contribution in [3.05, 3.63) is 0 Å². The lowest BCUT2D eigenvalue weighted by Gasteiger charge is -2.28. The van der Waals surface area contributed by atoms with Crippen molar-refractivity contribution < 1.29 is 8.85 Å². The Balaban J connectivity index is 4.07. The summed E-state index contributed by atoms with van der Waals surface area (Å²) in [6, 6.07) is 2.04.